The summed E-state index contributed by atoms with van der Waals surface area (Å²) in [6, 6.07) is 3.51. The van der Waals surface area contributed by atoms with Crippen molar-refractivity contribution < 1.29 is 19.5 Å². The first-order valence-electron chi connectivity index (χ1n) is 11.0. The largest absolute Gasteiger partial charge is 0.481 e. The number of pyridine rings is 1. The lowest BCUT2D eigenvalue weighted by Crippen LogP contribution is -2.44. The summed E-state index contributed by atoms with van der Waals surface area (Å²) in [4.78, 5) is 42.4. The van der Waals surface area contributed by atoms with E-state index in [4.69, 9.17) is 5.11 Å². The van der Waals surface area contributed by atoms with Gasteiger partial charge in [0, 0.05) is 32.1 Å². The van der Waals surface area contributed by atoms with Gasteiger partial charge in [0.05, 0.1) is 5.92 Å². The summed E-state index contributed by atoms with van der Waals surface area (Å²) >= 11 is 0. The molecule has 8 nitrogen and oxygen atoms in total. The van der Waals surface area contributed by atoms with Crippen molar-refractivity contribution >= 4 is 23.6 Å². The first-order chi connectivity index (χ1) is 14.5. The molecule has 1 aromatic heterocycles. The first kappa shape index (κ1) is 22.2. The standard InChI is InChI=1S/C22H32N4O4/c27-19(7-5-16-9-12-23-13-10-16)26-14-2-4-18(15-26)22(30)25-21-17(3-1-11-24-21)6-8-20(28)29/h1,3,11,16,18,23H,2,4-10,12-15H2,(H,28,29)(H,24,25,30). The van der Waals surface area contributed by atoms with E-state index in [0.29, 0.717) is 43.2 Å². The molecule has 2 amide bonds. The van der Waals surface area contributed by atoms with E-state index in [9.17, 15) is 14.4 Å². The second kappa shape index (κ2) is 11.1. The van der Waals surface area contributed by atoms with Crippen LogP contribution in [0.3, 0.4) is 0 Å². The van der Waals surface area contributed by atoms with Crippen LogP contribution in [-0.4, -0.2) is 59.0 Å². The number of amides is 2. The number of aryl methyl sites for hydroxylation is 1. The number of anilines is 1. The Balaban J connectivity index is 1.51. The second-order valence-corrected chi connectivity index (χ2v) is 8.31. The number of aliphatic carboxylic acids is 1. The lowest BCUT2D eigenvalue weighted by molar-refractivity contribution is -0.137. The van der Waals surface area contributed by atoms with Gasteiger partial charge in [-0.15, -0.1) is 0 Å². The summed E-state index contributed by atoms with van der Waals surface area (Å²) in [5, 5.41) is 15.1. The minimum absolute atomic E-state index is 0.0165. The number of piperidine rings is 2. The maximum absolute atomic E-state index is 12.8. The molecule has 0 bridgehead atoms. The molecule has 2 fully saturated rings. The Morgan fingerprint density at radius 1 is 1.20 bits per heavy atom. The van der Waals surface area contributed by atoms with Crippen molar-refractivity contribution in [1.82, 2.24) is 15.2 Å². The van der Waals surface area contributed by atoms with Crippen LogP contribution in [0, 0.1) is 11.8 Å². The van der Waals surface area contributed by atoms with Crippen LogP contribution >= 0.6 is 0 Å². The van der Waals surface area contributed by atoms with Crippen LogP contribution in [0.25, 0.3) is 0 Å². The summed E-state index contributed by atoms with van der Waals surface area (Å²) in [7, 11) is 0. The fourth-order valence-electron chi connectivity index (χ4n) is 4.29. The van der Waals surface area contributed by atoms with Gasteiger partial charge in [-0.3, -0.25) is 14.4 Å². The summed E-state index contributed by atoms with van der Waals surface area (Å²) < 4.78 is 0. The Kier molecular flexibility index (Phi) is 8.19. The molecule has 3 heterocycles. The average molecular weight is 417 g/mol. The van der Waals surface area contributed by atoms with Gasteiger partial charge < -0.3 is 20.6 Å². The number of likely N-dealkylation sites (tertiary alicyclic amines) is 1. The van der Waals surface area contributed by atoms with Gasteiger partial charge in [0.25, 0.3) is 0 Å². The van der Waals surface area contributed by atoms with E-state index >= 15 is 0 Å². The molecule has 3 rings (SSSR count). The molecule has 1 unspecified atom stereocenters. The number of rotatable bonds is 8. The van der Waals surface area contributed by atoms with E-state index in [1.165, 1.54) is 0 Å². The SMILES string of the molecule is O=C(O)CCc1cccnc1NC(=O)C1CCCN(C(=O)CCC2CCNCC2)C1. The Labute approximate surface area is 177 Å². The zero-order valence-electron chi connectivity index (χ0n) is 17.4. The van der Waals surface area contributed by atoms with Gasteiger partial charge in [0.15, 0.2) is 0 Å². The molecule has 2 aliphatic heterocycles. The Bertz CT molecular complexity index is 748. The summed E-state index contributed by atoms with van der Waals surface area (Å²) in [6.45, 7) is 3.22. The van der Waals surface area contributed by atoms with Crippen molar-refractivity contribution in [2.75, 3.05) is 31.5 Å². The normalized spacial score (nSPS) is 20.0. The van der Waals surface area contributed by atoms with Crippen LogP contribution < -0.4 is 10.6 Å². The van der Waals surface area contributed by atoms with Crippen LogP contribution in [0.1, 0.15) is 50.5 Å². The number of carbonyl (C=O) groups is 3. The summed E-state index contributed by atoms with van der Waals surface area (Å²) in [5.74, 6) is -0.129. The van der Waals surface area contributed by atoms with E-state index in [-0.39, 0.29) is 24.2 Å². The van der Waals surface area contributed by atoms with Gasteiger partial charge in [-0.1, -0.05) is 6.07 Å². The minimum atomic E-state index is -0.887. The maximum atomic E-state index is 12.8. The highest BCUT2D eigenvalue weighted by atomic mass is 16.4. The van der Waals surface area contributed by atoms with E-state index in [2.05, 4.69) is 15.6 Å². The van der Waals surface area contributed by atoms with Crippen LogP contribution in [-0.2, 0) is 20.8 Å². The van der Waals surface area contributed by atoms with Crippen molar-refractivity contribution in [1.29, 1.82) is 0 Å². The van der Waals surface area contributed by atoms with Crippen molar-refractivity contribution in [3.05, 3.63) is 23.9 Å². The molecule has 30 heavy (non-hydrogen) atoms. The van der Waals surface area contributed by atoms with Gasteiger partial charge in [-0.05, 0) is 69.2 Å². The molecule has 0 saturated carbocycles. The third-order valence-corrected chi connectivity index (χ3v) is 6.11. The number of hydrogen-bond acceptors (Lipinski definition) is 5. The molecule has 2 aliphatic rings. The zero-order chi connectivity index (χ0) is 21.3. The lowest BCUT2D eigenvalue weighted by Gasteiger charge is -2.32. The zero-order valence-corrected chi connectivity index (χ0v) is 17.4. The number of carboxylic acid groups (broad SMARTS) is 1. The highest BCUT2D eigenvalue weighted by molar-refractivity contribution is 5.93. The van der Waals surface area contributed by atoms with Gasteiger partial charge in [-0.2, -0.15) is 0 Å². The summed E-state index contributed by atoms with van der Waals surface area (Å²) in [5.41, 5.74) is 0.707. The molecule has 8 heteroatoms. The number of nitrogens with one attached hydrogen (secondary N) is 2. The van der Waals surface area contributed by atoms with Crippen molar-refractivity contribution in [3.63, 3.8) is 0 Å². The molecule has 2 saturated heterocycles. The third kappa shape index (κ3) is 6.52. The molecule has 3 N–H and O–H groups in total. The van der Waals surface area contributed by atoms with Crippen LogP contribution in [0.15, 0.2) is 18.3 Å². The molecule has 0 aromatic carbocycles. The maximum Gasteiger partial charge on any atom is 0.303 e. The van der Waals surface area contributed by atoms with Crippen molar-refractivity contribution in [2.45, 2.75) is 51.4 Å². The number of hydrogen-bond donors (Lipinski definition) is 3. The third-order valence-electron chi connectivity index (χ3n) is 6.11. The van der Waals surface area contributed by atoms with Crippen molar-refractivity contribution in [3.8, 4) is 0 Å². The highest BCUT2D eigenvalue weighted by Gasteiger charge is 2.29. The predicted octanol–water partition coefficient (Wildman–Crippen LogP) is 2.06. The predicted molar refractivity (Wildman–Crippen MR) is 113 cm³/mol. The fourth-order valence-corrected chi connectivity index (χ4v) is 4.29. The van der Waals surface area contributed by atoms with Crippen LogP contribution in [0.2, 0.25) is 0 Å². The van der Waals surface area contributed by atoms with Crippen molar-refractivity contribution in [2.24, 2.45) is 11.8 Å². The molecule has 164 valence electrons. The summed E-state index contributed by atoms with van der Waals surface area (Å²) in [6.07, 6.45) is 7.17. The number of carboxylic acids is 1. The molecule has 1 aromatic rings. The second-order valence-electron chi connectivity index (χ2n) is 8.31. The molecular formula is C22H32N4O4. The van der Waals surface area contributed by atoms with E-state index in [1.807, 2.05) is 4.90 Å². The topological polar surface area (TPSA) is 112 Å². The molecule has 1 atom stereocenters. The van der Waals surface area contributed by atoms with E-state index in [0.717, 1.165) is 45.2 Å². The molecule has 0 aliphatic carbocycles. The van der Waals surface area contributed by atoms with Gasteiger partial charge >= 0.3 is 5.97 Å². The molecule has 0 radical (unpaired) electrons. The Morgan fingerprint density at radius 3 is 2.77 bits per heavy atom. The van der Waals surface area contributed by atoms with Crippen LogP contribution in [0.4, 0.5) is 5.82 Å². The fraction of sp³-hybridized carbons (Fsp3) is 0.636. The van der Waals surface area contributed by atoms with Gasteiger partial charge in [0.1, 0.15) is 5.82 Å². The van der Waals surface area contributed by atoms with Gasteiger partial charge in [0.2, 0.25) is 11.8 Å². The minimum Gasteiger partial charge on any atom is -0.481 e. The molecule has 0 spiro atoms. The smallest absolute Gasteiger partial charge is 0.303 e. The number of nitrogens with zero attached hydrogens (tertiary/aromatic N) is 2. The number of aromatic nitrogens is 1. The van der Waals surface area contributed by atoms with E-state index in [1.54, 1.807) is 18.3 Å². The average Bonchev–Trinajstić information content (AvgIpc) is 2.77. The number of carbonyl (C=O) groups excluding carboxylic acids is 2. The first-order valence-corrected chi connectivity index (χ1v) is 11.0. The highest BCUT2D eigenvalue weighted by Crippen LogP contribution is 2.23. The quantitative estimate of drug-likeness (QED) is 0.598. The Morgan fingerprint density at radius 2 is 2.00 bits per heavy atom. The van der Waals surface area contributed by atoms with E-state index < -0.39 is 5.97 Å². The Hall–Kier alpha value is -2.48. The van der Waals surface area contributed by atoms with Crippen LogP contribution in [0.5, 0.6) is 0 Å². The monoisotopic (exact) mass is 416 g/mol. The lowest BCUT2D eigenvalue weighted by atomic mass is 9.92. The molecular weight excluding hydrogens is 384 g/mol. The van der Waals surface area contributed by atoms with Gasteiger partial charge in [-0.25, -0.2) is 4.98 Å².